The average molecular weight is 669 g/mol. The van der Waals surface area contributed by atoms with Crippen LogP contribution in [0.2, 0.25) is 0 Å². The molecule has 250 valence electrons. The molecule has 0 aliphatic heterocycles. The molecule has 3 N–H and O–H groups in total. The summed E-state index contributed by atoms with van der Waals surface area (Å²) in [6.07, 6.45) is 1.85. The van der Waals surface area contributed by atoms with Gasteiger partial charge in [-0.05, 0) is 84.0 Å². The molecular formula is C34H37FN2O9S. The number of carboxylic acids is 1. The first-order valence-electron chi connectivity index (χ1n) is 15.3. The highest BCUT2D eigenvalue weighted by molar-refractivity contribution is 7.88. The number of sulfonamides is 1. The van der Waals surface area contributed by atoms with Crippen molar-refractivity contribution in [1.82, 2.24) is 10.0 Å². The largest absolute Gasteiger partial charge is 0.478 e. The first kappa shape index (κ1) is 34.2. The lowest BCUT2D eigenvalue weighted by Gasteiger charge is -2.12. The van der Waals surface area contributed by atoms with Crippen molar-refractivity contribution in [3.8, 4) is 11.3 Å². The molecule has 5 rings (SSSR count). The van der Waals surface area contributed by atoms with Crippen molar-refractivity contribution in [2.24, 2.45) is 0 Å². The van der Waals surface area contributed by atoms with Crippen molar-refractivity contribution < 1.29 is 46.1 Å². The van der Waals surface area contributed by atoms with Gasteiger partial charge in [0.25, 0.3) is 5.91 Å². The van der Waals surface area contributed by atoms with E-state index in [4.69, 9.17) is 23.7 Å². The molecule has 1 aliphatic carbocycles. The van der Waals surface area contributed by atoms with Crippen molar-refractivity contribution >= 4 is 32.9 Å². The van der Waals surface area contributed by atoms with Gasteiger partial charge in [-0.15, -0.1) is 0 Å². The Hall–Kier alpha value is -4.14. The first-order chi connectivity index (χ1) is 22.6. The number of rotatable bonds is 18. The van der Waals surface area contributed by atoms with Crippen LogP contribution in [0.25, 0.3) is 22.3 Å². The maximum Gasteiger partial charge on any atom is 0.335 e. The van der Waals surface area contributed by atoms with Gasteiger partial charge in [-0.2, -0.15) is 0 Å². The molecule has 0 unspecified atom stereocenters. The lowest BCUT2D eigenvalue weighted by atomic mass is 9.98. The standard InChI is InChI=1S/C34H37FN2O9S/c1-36-33(38)31-29-19-28(23-5-6-23)26(18-30(29)46-32(31)24-7-9-27(35)10-8-24)21-47(41,42)37-11-12-43-13-14-44-15-16-45-20-22-3-2-4-25(17-22)34(39)40/h2-4,7-10,17-19,23,37H,5-6,11-16,20-21H2,1H3,(H,36,38)(H,39,40). The molecule has 1 aliphatic rings. The number of benzene rings is 3. The molecule has 1 heterocycles. The fourth-order valence-electron chi connectivity index (χ4n) is 5.21. The Morgan fingerprint density at radius 1 is 0.957 bits per heavy atom. The normalized spacial score (nSPS) is 13.2. The molecule has 0 atom stereocenters. The van der Waals surface area contributed by atoms with E-state index in [0.717, 1.165) is 24.0 Å². The minimum Gasteiger partial charge on any atom is -0.478 e. The number of furan rings is 1. The Morgan fingerprint density at radius 2 is 1.66 bits per heavy atom. The zero-order valence-corrected chi connectivity index (χ0v) is 26.7. The summed E-state index contributed by atoms with van der Waals surface area (Å²) >= 11 is 0. The highest BCUT2D eigenvalue weighted by Gasteiger charge is 2.31. The summed E-state index contributed by atoms with van der Waals surface area (Å²) in [7, 11) is -2.20. The number of carbonyl (C=O) groups is 2. The van der Waals surface area contributed by atoms with Crippen LogP contribution in [0.4, 0.5) is 4.39 Å². The van der Waals surface area contributed by atoms with Crippen molar-refractivity contribution in [2.75, 3.05) is 46.6 Å². The SMILES string of the molecule is CNC(=O)c1c(-c2ccc(F)cc2)oc2cc(CS(=O)(=O)NCCOCCOCCOCc3cccc(C(=O)O)c3)c(C3CC3)cc12. The molecule has 3 aromatic carbocycles. The number of ether oxygens (including phenoxy) is 3. The topological polar surface area (TPSA) is 153 Å². The Balaban J connectivity index is 1.10. The molecule has 11 nitrogen and oxygen atoms in total. The van der Waals surface area contributed by atoms with E-state index in [1.165, 1.54) is 37.4 Å². The maximum atomic E-state index is 13.6. The van der Waals surface area contributed by atoms with E-state index in [0.29, 0.717) is 47.5 Å². The summed E-state index contributed by atoms with van der Waals surface area (Å²) in [4.78, 5) is 24.0. The van der Waals surface area contributed by atoms with Crippen LogP contribution in [0.15, 0.2) is 65.1 Å². The van der Waals surface area contributed by atoms with Gasteiger partial charge in [0.15, 0.2) is 0 Å². The fraction of sp³-hybridized carbons (Fsp3) is 0.353. The first-order valence-corrected chi connectivity index (χ1v) is 16.9. The van der Waals surface area contributed by atoms with Crippen LogP contribution in [0.3, 0.4) is 0 Å². The Kier molecular flexibility index (Phi) is 11.4. The summed E-state index contributed by atoms with van der Waals surface area (Å²) in [6.45, 7) is 1.73. The molecule has 1 aromatic heterocycles. The monoisotopic (exact) mass is 668 g/mol. The number of aromatic carboxylic acids is 1. The predicted molar refractivity (Wildman–Crippen MR) is 172 cm³/mol. The van der Waals surface area contributed by atoms with Gasteiger partial charge in [-0.1, -0.05) is 12.1 Å². The van der Waals surface area contributed by atoms with Crippen molar-refractivity contribution in [2.45, 2.75) is 31.1 Å². The Labute approximate surface area is 272 Å². The summed E-state index contributed by atoms with van der Waals surface area (Å²) < 4.78 is 64.8. The highest BCUT2D eigenvalue weighted by Crippen LogP contribution is 2.45. The molecule has 4 aromatic rings. The third-order valence-electron chi connectivity index (χ3n) is 7.63. The average Bonchev–Trinajstić information content (AvgIpc) is 3.83. The molecule has 0 bridgehead atoms. The molecule has 1 saturated carbocycles. The number of halogens is 1. The van der Waals surface area contributed by atoms with Gasteiger partial charge < -0.3 is 29.1 Å². The van der Waals surface area contributed by atoms with Crippen LogP contribution >= 0.6 is 0 Å². The summed E-state index contributed by atoms with van der Waals surface area (Å²) in [5, 5.41) is 12.3. The number of fused-ring (bicyclic) bond motifs is 1. The lowest BCUT2D eigenvalue weighted by Crippen LogP contribution is -2.29. The van der Waals surface area contributed by atoms with Crippen molar-refractivity contribution in [3.63, 3.8) is 0 Å². The van der Waals surface area contributed by atoms with E-state index >= 15 is 0 Å². The molecule has 47 heavy (non-hydrogen) atoms. The van der Waals surface area contributed by atoms with Crippen LogP contribution in [0.5, 0.6) is 0 Å². The predicted octanol–water partition coefficient (Wildman–Crippen LogP) is 4.84. The molecule has 13 heteroatoms. The van der Waals surface area contributed by atoms with Crippen LogP contribution in [-0.2, 0) is 36.6 Å². The number of hydrogen-bond acceptors (Lipinski definition) is 8. The maximum absolute atomic E-state index is 13.6. The number of nitrogens with one attached hydrogen (secondary N) is 2. The second-order valence-corrected chi connectivity index (χ2v) is 13.0. The van der Waals surface area contributed by atoms with Gasteiger partial charge in [0.05, 0.1) is 56.5 Å². The minimum atomic E-state index is -3.72. The summed E-state index contributed by atoms with van der Waals surface area (Å²) in [6, 6.07) is 15.7. The Bertz CT molecular complexity index is 1820. The van der Waals surface area contributed by atoms with Gasteiger partial charge in [0.1, 0.15) is 17.2 Å². The summed E-state index contributed by atoms with van der Waals surface area (Å²) in [5.41, 5.74) is 3.65. The van der Waals surface area contributed by atoms with E-state index in [2.05, 4.69) is 10.0 Å². The van der Waals surface area contributed by atoms with Gasteiger partial charge in [-0.25, -0.2) is 22.3 Å². The second-order valence-electron chi connectivity index (χ2n) is 11.1. The zero-order chi connectivity index (χ0) is 33.4. The lowest BCUT2D eigenvalue weighted by molar-refractivity contribution is 0.0116. The van der Waals surface area contributed by atoms with E-state index in [-0.39, 0.29) is 55.3 Å². The van der Waals surface area contributed by atoms with Crippen LogP contribution in [0.1, 0.15) is 56.2 Å². The van der Waals surface area contributed by atoms with E-state index < -0.39 is 21.8 Å². The van der Waals surface area contributed by atoms with E-state index in [1.54, 1.807) is 24.3 Å². The minimum absolute atomic E-state index is 0.0815. The molecule has 0 radical (unpaired) electrons. The third-order valence-corrected chi connectivity index (χ3v) is 8.96. The van der Waals surface area contributed by atoms with E-state index in [9.17, 15) is 22.4 Å². The number of carbonyl (C=O) groups excluding carboxylic acids is 1. The molecule has 0 saturated heterocycles. The molecule has 0 spiro atoms. The third kappa shape index (κ3) is 9.24. The highest BCUT2D eigenvalue weighted by atomic mass is 32.2. The van der Waals surface area contributed by atoms with Crippen molar-refractivity contribution in [1.29, 1.82) is 0 Å². The number of amides is 1. The van der Waals surface area contributed by atoms with Crippen LogP contribution in [0, 0.1) is 5.82 Å². The number of carboxylic acid groups (broad SMARTS) is 1. The second kappa shape index (κ2) is 15.6. The van der Waals surface area contributed by atoms with Crippen molar-refractivity contribution in [3.05, 3.63) is 94.3 Å². The van der Waals surface area contributed by atoms with Gasteiger partial charge in [-0.3, -0.25) is 4.79 Å². The smallest absolute Gasteiger partial charge is 0.335 e. The molecular weight excluding hydrogens is 631 g/mol. The summed E-state index contributed by atoms with van der Waals surface area (Å²) in [5.74, 6) is -1.54. The molecule has 1 amide bonds. The zero-order valence-electron chi connectivity index (χ0n) is 25.9. The van der Waals surface area contributed by atoms with Gasteiger partial charge in [0.2, 0.25) is 10.0 Å². The quantitative estimate of drug-likeness (QED) is 0.126. The van der Waals surface area contributed by atoms with E-state index in [1.807, 2.05) is 6.07 Å². The Morgan fingerprint density at radius 3 is 2.34 bits per heavy atom. The van der Waals surface area contributed by atoms with Crippen LogP contribution in [-0.4, -0.2) is 72.0 Å². The van der Waals surface area contributed by atoms with Gasteiger partial charge >= 0.3 is 5.97 Å². The van der Waals surface area contributed by atoms with Crippen LogP contribution < -0.4 is 10.0 Å². The molecule has 1 fully saturated rings. The number of hydrogen-bond donors (Lipinski definition) is 3. The van der Waals surface area contributed by atoms with Gasteiger partial charge in [0, 0.05) is 24.5 Å². The fourth-order valence-corrected chi connectivity index (χ4v) is 6.36.